The highest BCUT2D eigenvalue weighted by Gasteiger charge is 2.11. The Kier molecular flexibility index (Phi) is 4.82. The Morgan fingerprint density at radius 2 is 1.88 bits per heavy atom. The molecule has 0 bridgehead atoms. The van der Waals surface area contributed by atoms with Crippen molar-refractivity contribution in [1.82, 2.24) is 5.32 Å². The van der Waals surface area contributed by atoms with Crippen molar-refractivity contribution in [2.45, 2.75) is 25.3 Å². The third kappa shape index (κ3) is 3.89. The highest BCUT2D eigenvalue weighted by molar-refractivity contribution is 9.10. The summed E-state index contributed by atoms with van der Waals surface area (Å²) in [5, 5.41) is 3.59. The summed E-state index contributed by atoms with van der Waals surface area (Å²) in [5.41, 5.74) is 1.39. The van der Waals surface area contributed by atoms with Crippen LogP contribution in [0.3, 0.4) is 0 Å². The molecule has 1 fully saturated rings. The van der Waals surface area contributed by atoms with Crippen LogP contribution in [-0.2, 0) is 11.2 Å². The third-order valence-corrected chi connectivity index (χ3v) is 3.51. The molecule has 1 aromatic carbocycles. The molecule has 0 aromatic heterocycles. The van der Waals surface area contributed by atoms with E-state index in [-0.39, 0.29) is 0 Å². The van der Waals surface area contributed by atoms with Gasteiger partial charge in [0, 0.05) is 23.7 Å². The van der Waals surface area contributed by atoms with Gasteiger partial charge in [0.15, 0.2) is 0 Å². The Morgan fingerprint density at radius 1 is 1.19 bits per heavy atom. The van der Waals surface area contributed by atoms with Gasteiger partial charge in [0.05, 0.1) is 0 Å². The van der Waals surface area contributed by atoms with E-state index in [1.165, 1.54) is 5.56 Å². The molecule has 1 saturated heterocycles. The van der Waals surface area contributed by atoms with Crippen LogP contribution in [0.5, 0.6) is 0 Å². The number of ether oxygens (including phenoxy) is 1. The fourth-order valence-electron chi connectivity index (χ4n) is 1.97. The van der Waals surface area contributed by atoms with E-state index in [1.54, 1.807) is 0 Å². The van der Waals surface area contributed by atoms with E-state index in [0.29, 0.717) is 6.04 Å². The molecule has 88 valence electrons. The second-order valence-electron chi connectivity index (χ2n) is 4.22. The molecule has 0 unspecified atom stereocenters. The standard InChI is InChI=1S/C13H18BrNO/c14-12-3-1-11(2-4-12)5-8-15-13-6-9-16-10-7-13/h1-4,13,15H,5-10H2. The Bertz CT molecular complexity index is 306. The summed E-state index contributed by atoms with van der Waals surface area (Å²) in [4.78, 5) is 0. The Hall–Kier alpha value is -0.380. The predicted octanol–water partition coefficient (Wildman–Crippen LogP) is 2.76. The molecule has 3 heteroatoms. The molecule has 0 atom stereocenters. The first kappa shape index (κ1) is 12.1. The molecular formula is C13H18BrNO. The number of nitrogens with one attached hydrogen (secondary N) is 1. The van der Waals surface area contributed by atoms with Crippen molar-refractivity contribution >= 4 is 15.9 Å². The second-order valence-corrected chi connectivity index (χ2v) is 5.13. The van der Waals surface area contributed by atoms with Gasteiger partial charge in [-0.2, -0.15) is 0 Å². The maximum absolute atomic E-state index is 5.33. The molecule has 0 aliphatic carbocycles. The minimum Gasteiger partial charge on any atom is -0.381 e. The van der Waals surface area contributed by atoms with E-state index in [4.69, 9.17) is 4.74 Å². The van der Waals surface area contributed by atoms with Crippen LogP contribution >= 0.6 is 15.9 Å². The fourth-order valence-corrected chi connectivity index (χ4v) is 2.24. The van der Waals surface area contributed by atoms with Gasteiger partial charge in [-0.3, -0.25) is 0 Å². The third-order valence-electron chi connectivity index (χ3n) is 2.98. The molecule has 2 rings (SSSR count). The summed E-state index contributed by atoms with van der Waals surface area (Å²) in [5.74, 6) is 0. The van der Waals surface area contributed by atoms with E-state index in [0.717, 1.165) is 43.5 Å². The normalized spacial score (nSPS) is 17.6. The minimum atomic E-state index is 0.657. The molecule has 0 spiro atoms. The average Bonchev–Trinajstić information content (AvgIpc) is 2.33. The number of halogens is 1. The molecule has 16 heavy (non-hydrogen) atoms. The van der Waals surface area contributed by atoms with E-state index in [1.807, 2.05) is 0 Å². The molecular weight excluding hydrogens is 266 g/mol. The molecule has 0 saturated carbocycles. The first-order valence-corrected chi connectivity index (χ1v) is 6.69. The molecule has 0 radical (unpaired) electrons. The van der Waals surface area contributed by atoms with Gasteiger partial charge < -0.3 is 10.1 Å². The van der Waals surface area contributed by atoms with Crippen molar-refractivity contribution < 1.29 is 4.74 Å². The molecule has 2 nitrogen and oxygen atoms in total. The van der Waals surface area contributed by atoms with Gasteiger partial charge in [-0.1, -0.05) is 28.1 Å². The molecule has 1 heterocycles. The van der Waals surface area contributed by atoms with Crippen molar-refractivity contribution in [1.29, 1.82) is 0 Å². The molecule has 1 N–H and O–H groups in total. The van der Waals surface area contributed by atoms with Crippen LogP contribution in [0.1, 0.15) is 18.4 Å². The maximum atomic E-state index is 5.33. The maximum Gasteiger partial charge on any atom is 0.0480 e. The minimum absolute atomic E-state index is 0.657. The van der Waals surface area contributed by atoms with Crippen LogP contribution in [0.4, 0.5) is 0 Å². The van der Waals surface area contributed by atoms with Crippen molar-refractivity contribution in [3.63, 3.8) is 0 Å². The molecule has 1 aliphatic heterocycles. The lowest BCUT2D eigenvalue weighted by Crippen LogP contribution is -2.35. The number of benzene rings is 1. The zero-order valence-corrected chi connectivity index (χ0v) is 11.0. The lowest BCUT2D eigenvalue weighted by Gasteiger charge is -2.23. The van der Waals surface area contributed by atoms with Crippen LogP contribution in [0, 0.1) is 0 Å². The average molecular weight is 284 g/mol. The zero-order valence-electron chi connectivity index (χ0n) is 9.42. The first-order valence-electron chi connectivity index (χ1n) is 5.90. The van der Waals surface area contributed by atoms with Gasteiger partial charge in [-0.05, 0) is 43.5 Å². The van der Waals surface area contributed by atoms with E-state index >= 15 is 0 Å². The molecule has 0 amide bonds. The molecule has 1 aromatic rings. The van der Waals surface area contributed by atoms with Gasteiger partial charge >= 0.3 is 0 Å². The van der Waals surface area contributed by atoms with E-state index < -0.39 is 0 Å². The topological polar surface area (TPSA) is 21.3 Å². The fraction of sp³-hybridized carbons (Fsp3) is 0.538. The van der Waals surface area contributed by atoms with Gasteiger partial charge in [0.25, 0.3) is 0 Å². The number of hydrogen-bond donors (Lipinski definition) is 1. The lowest BCUT2D eigenvalue weighted by atomic mass is 10.1. The van der Waals surface area contributed by atoms with Gasteiger partial charge in [0.2, 0.25) is 0 Å². The largest absolute Gasteiger partial charge is 0.381 e. The summed E-state index contributed by atoms with van der Waals surface area (Å²) < 4.78 is 6.48. The monoisotopic (exact) mass is 283 g/mol. The van der Waals surface area contributed by atoms with Gasteiger partial charge in [0.1, 0.15) is 0 Å². The SMILES string of the molecule is Brc1ccc(CCNC2CCOCC2)cc1. The van der Waals surface area contributed by atoms with Crippen molar-refractivity contribution in [3.05, 3.63) is 34.3 Å². The number of rotatable bonds is 4. The van der Waals surface area contributed by atoms with Crippen molar-refractivity contribution in [3.8, 4) is 0 Å². The Morgan fingerprint density at radius 3 is 2.56 bits per heavy atom. The smallest absolute Gasteiger partial charge is 0.0480 e. The summed E-state index contributed by atoms with van der Waals surface area (Å²) in [6.07, 6.45) is 3.41. The number of hydrogen-bond acceptors (Lipinski definition) is 2. The summed E-state index contributed by atoms with van der Waals surface area (Å²) in [6.45, 7) is 2.89. The van der Waals surface area contributed by atoms with Gasteiger partial charge in [-0.15, -0.1) is 0 Å². The highest BCUT2D eigenvalue weighted by atomic mass is 79.9. The summed E-state index contributed by atoms with van der Waals surface area (Å²) >= 11 is 3.45. The summed E-state index contributed by atoms with van der Waals surface area (Å²) in [7, 11) is 0. The molecule has 1 aliphatic rings. The van der Waals surface area contributed by atoms with E-state index in [9.17, 15) is 0 Å². The Labute approximate surface area is 106 Å². The van der Waals surface area contributed by atoms with E-state index in [2.05, 4.69) is 45.5 Å². The quantitative estimate of drug-likeness (QED) is 0.918. The van der Waals surface area contributed by atoms with Crippen LogP contribution in [0.2, 0.25) is 0 Å². The van der Waals surface area contributed by atoms with Crippen LogP contribution in [-0.4, -0.2) is 25.8 Å². The zero-order chi connectivity index (χ0) is 11.2. The highest BCUT2D eigenvalue weighted by Crippen LogP contribution is 2.11. The lowest BCUT2D eigenvalue weighted by molar-refractivity contribution is 0.0782. The second kappa shape index (κ2) is 6.38. The van der Waals surface area contributed by atoms with Gasteiger partial charge in [-0.25, -0.2) is 0 Å². The van der Waals surface area contributed by atoms with Crippen LogP contribution in [0.15, 0.2) is 28.7 Å². The summed E-state index contributed by atoms with van der Waals surface area (Å²) in [6, 6.07) is 9.21. The Balaban J connectivity index is 1.69. The van der Waals surface area contributed by atoms with Crippen molar-refractivity contribution in [2.24, 2.45) is 0 Å². The van der Waals surface area contributed by atoms with Crippen molar-refractivity contribution in [2.75, 3.05) is 19.8 Å². The first-order chi connectivity index (χ1) is 7.84. The predicted molar refractivity (Wildman–Crippen MR) is 69.7 cm³/mol. The van der Waals surface area contributed by atoms with Crippen LogP contribution < -0.4 is 5.32 Å². The van der Waals surface area contributed by atoms with Crippen LogP contribution in [0.25, 0.3) is 0 Å².